The van der Waals surface area contributed by atoms with Gasteiger partial charge in [0, 0.05) is 23.6 Å². The van der Waals surface area contributed by atoms with Crippen molar-refractivity contribution in [1.29, 1.82) is 0 Å². The molecule has 0 aliphatic heterocycles. The van der Waals surface area contributed by atoms with Crippen LogP contribution in [-0.4, -0.2) is 16.6 Å². The van der Waals surface area contributed by atoms with E-state index in [0.29, 0.717) is 5.88 Å². The van der Waals surface area contributed by atoms with E-state index >= 15 is 0 Å². The van der Waals surface area contributed by atoms with Crippen LogP contribution in [0.4, 0.5) is 4.39 Å². The summed E-state index contributed by atoms with van der Waals surface area (Å²) in [5, 5.41) is 0. The lowest BCUT2D eigenvalue weighted by Crippen LogP contribution is -1.87. The van der Waals surface area contributed by atoms with Crippen molar-refractivity contribution in [3.63, 3.8) is 0 Å². The van der Waals surface area contributed by atoms with Crippen molar-refractivity contribution in [2.75, 3.05) is 11.6 Å². The molecule has 0 radical (unpaired) electrons. The Morgan fingerprint density at radius 3 is 3.00 bits per heavy atom. The van der Waals surface area contributed by atoms with Crippen molar-refractivity contribution in [3.05, 3.63) is 29.8 Å². The second kappa shape index (κ2) is 5.38. The summed E-state index contributed by atoms with van der Waals surface area (Å²) in [6.07, 6.45) is 2.88. The zero-order valence-electron chi connectivity index (χ0n) is 6.46. The molecule has 1 rings (SSSR count). The summed E-state index contributed by atoms with van der Waals surface area (Å²) in [6.45, 7) is 0. The van der Waals surface area contributed by atoms with Crippen molar-refractivity contribution in [3.8, 4) is 0 Å². The maximum Gasteiger partial charge on any atom is 0.141 e. The van der Waals surface area contributed by atoms with E-state index in [4.69, 9.17) is 11.6 Å². The van der Waals surface area contributed by atoms with Gasteiger partial charge in [0.2, 0.25) is 0 Å². The second-order valence-corrected chi connectivity index (χ2v) is 3.74. The number of hydrogen-bond donors (Lipinski definition) is 0. The first-order valence-electron chi connectivity index (χ1n) is 3.56. The van der Waals surface area contributed by atoms with Crippen molar-refractivity contribution >= 4 is 23.4 Å². The molecule has 66 valence electrons. The standard InChI is InChI=1S/C8H9ClFNS/c9-1-2-12-6-7-3-8(10)5-11-4-7/h3-5H,1-2,6H2. The molecular weight excluding hydrogens is 197 g/mol. The third kappa shape index (κ3) is 3.41. The number of thioether (sulfide) groups is 1. The molecule has 0 fully saturated rings. The largest absolute Gasteiger partial charge is 0.261 e. The monoisotopic (exact) mass is 205 g/mol. The molecular formula is C8H9ClFNS. The molecule has 0 spiro atoms. The highest BCUT2D eigenvalue weighted by Gasteiger charge is 1.95. The molecule has 0 aliphatic carbocycles. The minimum absolute atomic E-state index is 0.279. The van der Waals surface area contributed by atoms with E-state index in [2.05, 4.69) is 4.98 Å². The number of halogens is 2. The lowest BCUT2D eigenvalue weighted by atomic mass is 10.3. The summed E-state index contributed by atoms with van der Waals surface area (Å²) < 4.78 is 12.6. The molecule has 0 aliphatic rings. The second-order valence-electron chi connectivity index (χ2n) is 2.25. The minimum Gasteiger partial charge on any atom is -0.261 e. The highest BCUT2D eigenvalue weighted by molar-refractivity contribution is 7.98. The Bertz CT molecular complexity index is 244. The van der Waals surface area contributed by atoms with Gasteiger partial charge in [-0.2, -0.15) is 11.8 Å². The van der Waals surface area contributed by atoms with Crippen LogP contribution >= 0.6 is 23.4 Å². The van der Waals surface area contributed by atoms with E-state index in [9.17, 15) is 4.39 Å². The molecule has 0 saturated carbocycles. The lowest BCUT2D eigenvalue weighted by molar-refractivity contribution is 0.619. The van der Waals surface area contributed by atoms with Crippen LogP contribution in [-0.2, 0) is 5.75 Å². The van der Waals surface area contributed by atoms with Crippen molar-refractivity contribution in [1.82, 2.24) is 4.98 Å². The van der Waals surface area contributed by atoms with Gasteiger partial charge in [-0.15, -0.1) is 11.6 Å². The lowest BCUT2D eigenvalue weighted by Gasteiger charge is -1.98. The molecule has 12 heavy (non-hydrogen) atoms. The zero-order valence-corrected chi connectivity index (χ0v) is 8.04. The smallest absolute Gasteiger partial charge is 0.141 e. The van der Waals surface area contributed by atoms with Crippen LogP contribution in [0.5, 0.6) is 0 Å². The van der Waals surface area contributed by atoms with Crippen LogP contribution in [0.1, 0.15) is 5.56 Å². The maximum atomic E-state index is 12.6. The van der Waals surface area contributed by atoms with Gasteiger partial charge in [-0.25, -0.2) is 4.39 Å². The van der Waals surface area contributed by atoms with Gasteiger partial charge >= 0.3 is 0 Å². The van der Waals surface area contributed by atoms with E-state index in [0.717, 1.165) is 17.1 Å². The molecule has 0 unspecified atom stereocenters. The van der Waals surface area contributed by atoms with E-state index in [1.807, 2.05) is 0 Å². The first-order chi connectivity index (χ1) is 5.83. The number of aromatic nitrogens is 1. The molecule has 0 amide bonds. The molecule has 0 atom stereocenters. The fraction of sp³-hybridized carbons (Fsp3) is 0.375. The van der Waals surface area contributed by atoms with Crippen LogP contribution in [0.15, 0.2) is 18.5 Å². The Balaban J connectivity index is 2.41. The Kier molecular flexibility index (Phi) is 4.40. The van der Waals surface area contributed by atoms with Crippen molar-refractivity contribution in [2.24, 2.45) is 0 Å². The van der Waals surface area contributed by atoms with Gasteiger partial charge in [0.05, 0.1) is 6.20 Å². The molecule has 0 saturated heterocycles. The third-order valence-corrected chi connectivity index (χ3v) is 2.70. The van der Waals surface area contributed by atoms with Crippen LogP contribution in [0, 0.1) is 5.82 Å². The van der Waals surface area contributed by atoms with Gasteiger partial charge < -0.3 is 0 Å². The summed E-state index contributed by atoms with van der Waals surface area (Å²) in [6, 6.07) is 1.49. The summed E-state index contributed by atoms with van der Waals surface area (Å²) in [5.41, 5.74) is 0.908. The number of rotatable bonds is 4. The molecule has 1 aromatic rings. The molecule has 1 heterocycles. The van der Waals surface area contributed by atoms with E-state index in [1.165, 1.54) is 12.3 Å². The predicted molar refractivity (Wildman–Crippen MR) is 51.1 cm³/mol. The Morgan fingerprint density at radius 1 is 1.50 bits per heavy atom. The van der Waals surface area contributed by atoms with Gasteiger partial charge in [-0.3, -0.25) is 4.98 Å². The van der Waals surface area contributed by atoms with Crippen LogP contribution < -0.4 is 0 Å². The maximum absolute atomic E-state index is 12.6. The first-order valence-corrected chi connectivity index (χ1v) is 5.25. The quantitative estimate of drug-likeness (QED) is 0.554. The van der Waals surface area contributed by atoms with Gasteiger partial charge in [-0.1, -0.05) is 0 Å². The van der Waals surface area contributed by atoms with Gasteiger partial charge in [-0.05, 0) is 11.6 Å². The molecule has 1 nitrogen and oxygen atoms in total. The third-order valence-electron chi connectivity index (χ3n) is 1.25. The Labute approximate surface area is 80.3 Å². The normalized spacial score (nSPS) is 10.2. The van der Waals surface area contributed by atoms with Gasteiger partial charge in [0.25, 0.3) is 0 Å². The number of pyridine rings is 1. The SMILES string of the molecule is Fc1cncc(CSCCCl)c1. The Hall–Kier alpha value is -0.280. The van der Waals surface area contributed by atoms with Crippen LogP contribution in [0.2, 0.25) is 0 Å². The Morgan fingerprint density at radius 2 is 2.33 bits per heavy atom. The highest BCUT2D eigenvalue weighted by atomic mass is 35.5. The van der Waals surface area contributed by atoms with Crippen LogP contribution in [0.3, 0.4) is 0 Å². The summed E-state index contributed by atoms with van der Waals surface area (Å²) in [4.78, 5) is 3.74. The minimum atomic E-state index is -0.279. The molecule has 0 N–H and O–H groups in total. The van der Waals surface area contributed by atoms with Gasteiger partial charge in [0.15, 0.2) is 0 Å². The molecule has 0 bridgehead atoms. The fourth-order valence-corrected chi connectivity index (χ4v) is 1.75. The van der Waals surface area contributed by atoms with E-state index in [-0.39, 0.29) is 5.82 Å². The van der Waals surface area contributed by atoms with E-state index in [1.54, 1.807) is 18.0 Å². The zero-order chi connectivity index (χ0) is 8.81. The average Bonchev–Trinajstić information content (AvgIpc) is 2.05. The van der Waals surface area contributed by atoms with Crippen LogP contribution in [0.25, 0.3) is 0 Å². The number of nitrogens with zero attached hydrogens (tertiary/aromatic N) is 1. The molecule has 1 aromatic heterocycles. The average molecular weight is 206 g/mol. The first kappa shape index (κ1) is 9.81. The topological polar surface area (TPSA) is 12.9 Å². The number of alkyl halides is 1. The number of hydrogen-bond acceptors (Lipinski definition) is 2. The fourth-order valence-electron chi connectivity index (χ4n) is 0.779. The van der Waals surface area contributed by atoms with Crippen molar-refractivity contribution < 1.29 is 4.39 Å². The highest BCUT2D eigenvalue weighted by Crippen LogP contribution is 2.11. The molecule has 0 aromatic carbocycles. The summed E-state index contributed by atoms with van der Waals surface area (Å²) in [5.74, 6) is 2.02. The summed E-state index contributed by atoms with van der Waals surface area (Å²) in [7, 11) is 0. The summed E-state index contributed by atoms with van der Waals surface area (Å²) >= 11 is 7.16. The van der Waals surface area contributed by atoms with Gasteiger partial charge in [0.1, 0.15) is 5.82 Å². The van der Waals surface area contributed by atoms with E-state index < -0.39 is 0 Å². The van der Waals surface area contributed by atoms with Crippen molar-refractivity contribution in [2.45, 2.75) is 5.75 Å². The molecule has 4 heteroatoms. The predicted octanol–water partition coefficient (Wildman–Crippen LogP) is 2.69.